The number of nitrogens with zero attached hydrogens (tertiary/aromatic N) is 3. The first-order valence-electron chi connectivity index (χ1n) is 6.63. The molecular formula is C15H20N4. The Bertz CT molecular complexity index is 578. The van der Waals surface area contributed by atoms with E-state index in [4.69, 9.17) is 4.98 Å². The van der Waals surface area contributed by atoms with Gasteiger partial charge >= 0.3 is 0 Å². The van der Waals surface area contributed by atoms with Gasteiger partial charge in [-0.25, -0.2) is 9.97 Å². The van der Waals surface area contributed by atoms with E-state index in [0.717, 1.165) is 46.9 Å². The van der Waals surface area contributed by atoms with Crippen molar-refractivity contribution in [3.63, 3.8) is 0 Å². The summed E-state index contributed by atoms with van der Waals surface area (Å²) in [7, 11) is 1.90. The molecule has 0 atom stereocenters. The van der Waals surface area contributed by atoms with Gasteiger partial charge in [-0.15, -0.1) is 0 Å². The minimum atomic E-state index is 0.892. The van der Waals surface area contributed by atoms with Gasteiger partial charge in [0.1, 0.15) is 11.6 Å². The maximum absolute atomic E-state index is 4.72. The normalized spacial score (nSPS) is 10.5. The van der Waals surface area contributed by atoms with E-state index in [1.807, 2.05) is 25.5 Å². The molecule has 0 radical (unpaired) electrons. The molecule has 2 rings (SSSR count). The number of hydrogen-bond donors (Lipinski definition) is 1. The van der Waals surface area contributed by atoms with E-state index in [-0.39, 0.29) is 0 Å². The number of hydrogen-bond acceptors (Lipinski definition) is 4. The third kappa shape index (κ3) is 2.72. The minimum Gasteiger partial charge on any atom is -0.373 e. The van der Waals surface area contributed by atoms with Crippen molar-refractivity contribution in [2.24, 2.45) is 0 Å². The van der Waals surface area contributed by atoms with Crippen molar-refractivity contribution in [3.05, 3.63) is 35.4 Å². The van der Waals surface area contributed by atoms with Crippen molar-refractivity contribution in [2.45, 2.75) is 33.6 Å². The van der Waals surface area contributed by atoms with Crippen LogP contribution in [0.25, 0.3) is 11.3 Å². The maximum atomic E-state index is 4.72. The van der Waals surface area contributed by atoms with E-state index < -0.39 is 0 Å². The molecule has 0 spiro atoms. The topological polar surface area (TPSA) is 50.7 Å². The van der Waals surface area contributed by atoms with Crippen LogP contribution in [-0.4, -0.2) is 22.0 Å². The SMILES string of the molecule is CCCc1nc(NC)c(C)c(-c2ccncc2C)n1. The van der Waals surface area contributed by atoms with Crippen LogP contribution in [0, 0.1) is 13.8 Å². The molecule has 1 N–H and O–H groups in total. The third-order valence-electron chi connectivity index (χ3n) is 3.18. The summed E-state index contributed by atoms with van der Waals surface area (Å²) in [6.07, 6.45) is 5.62. The van der Waals surface area contributed by atoms with Gasteiger partial charge in [0.25, 0.3) is 0 Å². The Kier molecular flexibility index (Phi) is 4.10. The summed E-state index contributed by atoms with van der Waals surface area (Å²) in [5.41, 5.74) is 4.34. The minimum absolute atomic E-state index is 0.892. The standard InChI is InChI=1S/C15H20N4/c1-5-6-13-18-14(11(3)15(16-4)19-13)12-7-8-17-9-10(12)2/h7-9H,5-6H2,1-4H3,(H,16,18,19). The molecule has 0 saturated heterocycles. The van der Waals surface area contributed by atoms with Crippen molar-refractivity contribution < 1.29 is 0 Å². The van der Waals surface area contributed by atoms with Crippen LogP contribution in [0.15, 0.2) is 18.5 Å². The highest BCUT2D eigenvalue weighted by Gasteiger charge is 2.13. The Morgan fingerprint density at radius 1 is 1.21 bits per heavy atom. The predicted octanol–water partition coefficient (Wildman–Crippen LogP) is 3.15. The average molecular weight is 256 g/mol. The molecule has 0 fully saturated rings. The predicted molar refractivity (Wildman–Crippen MR) is 78.3 cm³/mol. The highest BCUT2D eigenvalue weighted by Crippen LogP contribution is 2.27. The van der Waals surface area contributed by atoms with Crippen LogP contribution in [0.5, 0.6) is 0 Å². The monoisotopic (exact) mass is 256 g/mol. The molecule has 0 bridgehead atoms. The number of anilines is 1. The van der Waals surface area contributed by atoms with E-state index in [0.29, 0.717) is 0 Å². The molecule has 2 aromatic heterocycles. The van der Waals surface area contributed by atoms with E-state index in [1.165, 1.54) is 0 Å². The Labute approximate surface area is 114 Å². The van der Waals surface area contributed by atoms with Crippen LogP contribution in [0.1, 0.15) is 30.3 Å². The molecule has 2 heterocycles. The van der Waals surface area contributed by atoms with Gasteiger partial charge in [-0.3, -0.25) is 4.98 Å². The highest BCUT2D eigenvalue weighted by atomic mass is 15.0. The summed E-state index contributed by atoms with van der Waals surface area (Å²) < 4.78 is 0. The lowest BCUT2D eigenvalue weighted by Crippen LogP contribution is -2.05. The molecule has 0 aromatic carbocycles. The first kappa shape index (κ1) is 13.5. The fraction of sp³-hybridized carbons (Fsp3) is 0.400. The molecule has 0 amide bonds. The van der Waals surface area contributed by atoms with Crippen LogP contribution >= 0.6 is 0 Å². The molecular weight excluding hydrogens is 236 g/mol. The molecule has 100 valence electrons. The summed E-state index contributed by atoms with van der Waals surface area (Å²) in [6, 6.07) is 2.01. The molecule has 0 unspecified atom stereocenters. The van der Waals surface area contributed by atoms with E-state index in [1.54, 1.807) is 0 Å². The second-order valence-corrected chi connectivity index (χ2v) is 4.65. The van der Waals surface area contributed by atoms with Crippen molar-refractivity contribution in [3.8, 4) is 11.3 Å². The summed E-state index contributed by atoms with van der Waals surface area (Å²) >= 11 is 0. The molecule has 2 aromatic rings. The zero-order valence-corrected chi connectivity index (χ0v) is 12.0. The van der Waals surface area contributed by atoms with Gasteiger partial charge in [0.2, 0.25) is 0 Å². The first-order valence-corrected chi connectivity index (χ1v) is 6.63. The average Bonchev–Trinajstić information content (AvgIpc) is 2.42. The maximum Gasteiger partial charge on any atom is 0.132 e. The van der Waals surface area contributed by atoms with Gasteiger partial charge in [0, 0.05) is 37.0 Å². The van der Waals surface area contributed by atoms with Gasteiger partial charge in [0.05, 0.1) is 5.69 Å². The third-order valence-corrected chi connectivity index (χ3v) is 3.18. The fourth-order valence-electron chi connectivity index (χ4n) is 2.14. The van der Waals surface area contributed by atoms with Crippen molar-refractivity contribution >= 4 is 5.82 Å². The number of aryl methyl sites for hydroxylation is 2. The van der Waals surface area contributed by atoms with E-state index in [2.05, 4.69) is 36.1 Å². The zero-order chi connectivity index (χ0) is 13.8. The Hall–Kier alpha value is -1.97. The Balaban J connectivity index is 2.61. The molecule has 19 heavy (non-hydrogen) atoms. The van der Waals surface area contributed by atoms with Gasteiger partial charge in [-0.2, -0.15) is 0 Å². The molecule has 0 saturated carbocycles. The van der Waals surface area contributed by atoms with Crippen LogP contribution in [0.4, 0.5) is 5.82 Å². The quantitative estimate of drug-likeness (QED) is 0.913. The lowest BCUT2D eigenvalue weighted by Gasteiger charge is -2.13. The molecule has 4 nitrogen and oxygen atoms in total. The lowest BCUT2D eigenvalue weighted by molar-refractivity contribution is 0.834. The summed E-state index contributed by atoms with van der Waals surface area (Å²) in [6.45, 7) is 6.25. The number of nitrogens with one attached hydrogen (secondary N) is 1. The Morgan fingerprint density at radius 2 is 2.00 bits per heavy atom. The van der Waals surface area contributed by atoms with Crippen LogP contribution in [0.2, 0.25) is 0 Å². The number of pyridine rings is 1. The van der Waals surface area contributed by atoms with Crippen molar-refractivity contribution in [1.82, 2.24) is 15.0 Å². The van der Waals surface area contributed by atoms with E-state index in [9.17, 15) is 0 Å². The molecule has 0 aliphatic rings. The van der Waals surface area contributed by atoms with Crippen molar-refractivity contribution in [2.75, 3.05) is 12.4 Å². The lowest BCUT2D eigenvalue weighted by atomic mass is 10.0. The van der Waals surface area contributed by atoms with Gasteiger partial charge in [-0.05, 0) is 31.9 Å². The Morgan fingerprint density at radius 3 is 2.63 bits per heavy atom. The van der Waals surface area contributed by atoms with Crippen LogP contribution in [-0.2, 0) is 6.42 Å². The molecule has 0 aliphatic heterocycles. The van der Waals surface area contributed by atoms with Gasteiger partial charge in [-0.1, -0.05) is 6.92 Å². The number of aromatic nitrogens is 3. The zero-order valence-electron chi connectivity index (χ0n) is 12.0. The molecule has 4 heteroatoms. The second-order valence-electron chi connectivity index (χ2n) is 4.65. The van der Waals surface area contributed by atoms with Crippen molar-refractivity contribution in [1.29, 1.82) is 0 Å². The fourth-order valence-corrected chi connectivity index (χ4v) is 2.14. The smallest absolute Gasteiger partial charge is 0.132 e. The number of rotatable bonds is 4. The summed E-state index contributed by atoms with van der Waals surface area (Å²) in [5, 5.41) is 3.16. The molecule has 0 aliphatic carbocycles. The highest BCUT2D eigenvalue weighted by molar-refractivity contribution is 5.70. The second kappa shape index (κ2) is 5.78. The van der Waals surface area contributed by atoms with Crippen LogP contribution < -0.4 is 5.32 Å². The summed E-state index contributed by atoms with van der Waals surface area (Å²) in [4.78, 5) is 13.4. The van der Waals surface area contributed by atoms with Gasteiger partial charge < -0.3 is 5.32 Å². The van der Waals surface area contributed by atoms with Crippen LogP contribution in [0.3, 0.4) is 0 Å². The summed E-state index contributed by atoms with van der Waals surface area (Å²) in [5.74, 6) is 1.80. The van der Waals surface area contributed by atoms with E-state index >= 15 is 0 Å². The largest absolute Gasteiger partial charge is 0.373 e. The van der Waals surface area contributed by atoms with Gasteiger partial charge in [0.15, 0.2) is 0 Å². The first-order chi connectivity index (χ1) is 9.17.